The molecule has 1 aromatic rings. The standard InChI is InChI=1S/C37H63N3O8/c1-25-23-37(6,45-10)33(48-34-31(42)29(38(7)8)21-26(2)47-34)27(3)32(43)36(4,5)35(44)46-20-14-17-40(19-18-39(9)24-25)30(41)22-28-15-12-11-13-16-28/h11-13,15-16,25-27,29,31,33-35,42,44H,14,17-24H2,1-10H3/t25-,26-,27+,29+,31-,33-,34+,35?,37-/m1/s1. The van der Waals surface area contributed by atoms with Crippen molar-refractivity contribution in [3.63, 3.8) is 0 Å². The summed E-state index contributed by atoms with van der Waals surface area (Å²) in [5.41, 5.74) is -1.29. The van der Waals surface area contributed by atoms with Crippen LogP contribution in [0.15, 0.2) is 30.3 Å². The zero-order valence-corrected chi connectivity index (χ0v) is 31.1. The molecule has 1 amide bonds. The minimum atomic E-state index is -1.38. The molecule has 2 N–H and O–H groups in total. The molecular weight excluding hydrogens is 614 g/mol. The molecule has 9 atom stereocenters. The molecule has 0 saturated carbocycles. The molecule has 11 nitrogen and oxygen atoms in total. The number of rotatable bonds is 6. The van der Waals surface area contributed by atoms with Crippen LogP contribution in [0.4, 0.5) is 0 Å². The number of ether oxygens (including phenoxy) is 4. The van der Waals surface area contributed by atoms with Crippen LogP contribution in [0.3, 0.4) is 0 Å². The molecule has 2 heterocycles. The van der Waals surface area contributed by atoms with Gasteiger partial charge in [0, 0.05) is 45.2 Å². The maximum absolute atomic E-state index is 14.3. The first-order valence-corrected chi connectivity index (χ1v) is 17.5. The van der Waals surface area contributed by atoms with Gasteiger partial charge in [0.1, 0.15) is 11.9 Å². The first-order valence-electron chi connectivity index (χ1n) is 17.5. The summed E-state index contributed by atoms with van der Waals surface area (Å²) in [6, 6.07) is 9.52. The normalized spacial score (nSPS) is 35.4. The summed E-state index contributed by atoms with van der Waals surface area (Å²) < 4.78 is 24.9. The predicted octanol–water partition coefficient (Wildman–Crippen LogP) is 3.20. The highest BCUT2D eigenvalue weighted by molar-refractivity contribution is 5.87. The number of Topliss-reactive ketones (excluding diaryl/α,β-unsaturated/α-hetero) is 1. The fraction of sp³-hybridized carbons (Fsp3) is 0.784. The van der Waals surface area contributed by atoms with Crippen LogP contribution in [-0.4, -0.2) is 140 Å². The SMILES string of the molecule is CO[C@]1(C)C[C@@H](C)CN(C)CCN(C(=O)Cc2ccccc2)CCCOC(O)C(C)(C)C(=O)[C@H](C)[C@H]1O[C@@H]1O[C@H](C)C[C@H](N(C)C)[C@H]1O. The summed E-state index contributed by atoms with van der Waals surface area (Å²) in [6.07, 6.45) is -2.29. The molecule has 1 aromatic carbocycles. The van der Waals surface area contributed by atoms with Crippen LogP contribution < -0.4 is 0 Å². The van der Waals surface area contributed by atoms with Gasteiger partial charge in [-0.3, -0.25) is 9.59 Å². The topological polar surface area (TPSA) is 121 Å². The average Bonchev–Trinajstić information content (AvgIpc) is 3.03. The molecule has 0 bridgehead atoms. The van der Waals surface area contributed by atoms with Gasteiger partial charge in [-0.2, -0.15) is 0 Å². The first kappa shape index (κ1) is 40.5. The summed E-state index contributed by atoms with van der Waals surface area (Å²) >= 11 is 0. The van der Waals surface area contributed by atoms with E-state index < -0.39 is 41.7 Å². The van der Waals surface area contributed by atoms with E-state index >= 15 is 0 Å². The smallest absolute Gasteiger partial charge is 0.227 e. The number of hydrogen-bond acceptors (Lipinski definition) is 10. The van der Waals surface area contributed by atoms with Crippen LogP contribution in [0.1, 0.15) is 66.4 Å². The minimum Gasteiger partial charge on any atom is -0.386 e. The van der Waals surface area contributed by atoms with Crippen LogP contribution >= 0.6 is 0 Å². The monoisotopic (exact) mass is 677 g/mol. The van der Waals surface area contributed by atoms with E-state index in [2.05, 4.69) is 11.8 Å². The van der Waals surface area contributed by atoms with Crippen LogP contribution in [0.25, 0.3) is 0 Å². The van der Waals surface area contributed by atoms with Crippen molar-refractivity contribution in [2.45, 2.75) is 110 Å². The number of methoxy groups -OCH3 is 1. The zero-order valence-electron chi connectivity index (χ0n) is 31.1. The molecule has 2 aliphatic heterocycles. The first-order chi connectivity index (χ1) is 22.5. The lowest BCUT2D eigenvalue weighted by atomic mass is 9.73. The summed E-state index contributed by atoms with van der Waals surface area (Å²) in [5.74, 6) is -0.847. The van der Waals surface area contributed by atoms with Gasteiger partial charge < -0.3 is 43.9 Å². The number of ketones is 1. The summed E-state index contributed by atoms with van der Waals surface area (Å²) in [5, 5.41) is 22.6. The van der Waals surface area contributed by atoms with E-state index in [1.54, 1.807) is 27.9 Å². The molecule has 2 saturated heterocycles. The summed E-state index contributed by atoms with van der Waals surface area (Å²) in [7, 11) is 7.51. The Morgan fingerprint density at radius 2 is 1.73 bits per heavy atom. The van der Waals surface area contributed by atoms with Gasteiger partial charge in [-0.15, -0.1) is 0 Å². The molecule has 1 unspecified atom stereocenters. The Kier molecular flexibility index (Phi) is 15.0. The van der Waals surface area contributed by atoms with Gasteiger partial charge in [-0.1, -0.05) is 44.2 Å². The highest BCUT2D eigenvalue weighted by Gasteiger charge is 2.50. The lowest BCUT2D eigenvalue weighted by molar-refractivity contribution is -0.296. The molecule has 2 fully saturated rings. The number of carbonyl (C=O) groups is 2. The van der Waals surface area contributed by atoms with Crippen molar-refractivity contribution in [3.05, 3.63) is 35.9 Å². The molecule has 3 rings (SSSR count). The van der Waals surface area contributed by atoms with Gasteiger partial charge >= 0.3 is 0 Å². The maximum atomic E-state index is 14.3. The fourth-order valence-corrected chi connectivity index (χ4v) is 7.32. The van der Waals surface area contributed by atoms with E-state index in [1.807, 2.05) is 75.1 Å². The summed E-state index contributed by atoms with van der Waals surface area (Å²) in [6.45, 7) is 13.8. The molecule has 0 aliphatic carbocycles. The third-order valence-corrected chi connectivity index (χ3v) is 10.3. The van der Waals surface area contributed by atoms with Crippen molar-refractivity contribution >= 4 is 11.7 Å². The lowest BCUT2D eigenvalue weighted by Crippen LogP contribution is -2.59. The Balaban J connectivity index is 1.91. The van der Waals surface area contributed by atoms with Crippen LogP contribution in [-0.2, 0) is 35.0 Å². The van der Waals surface area contributed by atoms with Crippen LogP contribution in [0, 0.1) is 17.3 Å². The predicted molar refractivity (Wildman–Crippen MR) is 185 cm³/mol. The van der Waals surface area contributed by atoms with Gasteiger partial charge in [-0.05, 0) is 79.6 Å². The number of benzene rings is 1. The minimum absolute atomic E-state index is 0.0373. The quantitative estimate of drug-likeness (QED) is 0.465. The van der Waals surface area contributed by atoms with Gasteiger partial charge in [-0.25, -0.2) is 0 Å². The van der Waals surface area contributed by atoms with Gasteiger partial charge in [0.25, 0.3) is 0 Å². The number of amides is 1. The Hall–Kier alpha value is -1.96. The Bertz CT molecular complexity index is 1150. The molecule has 2 aliphatic rings. The molecule has 48 heavy (non-hydrogen) atoms. The van der Waals surface area contributed by atoms with Crippen molar-refractivity contribution in [2.24, 2.45) is 17.3 Å². The molecule has 0 radical (unpaired) electrons. The second-order valence-corrected chi connectivity index (χ2v) is 15.2. The van der Waals surface area contributed by atoms with Crippen molar-refractivity contribution in [1.82, 2.24) is 14.7 Å². The van der Waals surface area contributed by atoms with E-state index in [9.17, 15) is 19.8 Å². The van der Waals surface area contributed by atoms with Gasteiger partial charge in [0.15, 0.2) is 12.6 Å². The van der Waals surface area contributed by atoms with E-state index in [-0.39, 0.29) is 36.4 Å². The maximum Gasteiger partial charge on any atom is 0.227 e. The number of hydrogen-bond donors (Lipinski definition) is 2. The van der Waals surface area contributed by atoms with Crippen molar-refractivity contribution in [3.8, 4) is 0 Å². The van der Waals surface area contributed by atoms with Gasteiger partial charge in [0.2, 0.25) is 5.91 Å². The third kappa shape index (κ3) is 10.5. The fourth-order valence-electron chi connectivity index (χ4n) is 7.32. The average molecular weight is 678 g/mol. The zero-order chi connectivity index (χ0) is 35.8. The van der Waals surface area contributed by atoms with Crippen LogP contribution in [0.2, 0.25) is 0 Å². The van der Waals surface area contributed by atoms with E-state index in [0.29, 0.717) is 45.3 Å². The summed E-state index contributed by atoms with van der Waals surface area (Å²) in [4.78, 5) is 33.8. The Morgan fingerprint density at radius 1 is 1.06 bits per heavy atom. The number of aliphatic hydroxyl groups excluding tert-OH is 2. The number of aliphatic hydroxyl groups is 2. The number of nitrogens with zero attached hydrogens (tertiary/aromatic N) is 3. The second-order valence-electron chi connectivity index (χ2n) is 15.2. The van der Waals surface area contributed by atoms with E-state index in [4.69, 9.17) is 18.9 Å². The molecule has 0 spiro atoms. The van der Waals surface area contributed by atoms with Crippen molar-refractivity contribution in [2.75, 3.05) is 61.0 Å². The Morgan fingerprint density at radius 3 is 2.35 bits per heavy atom. The van der Waals surface area contributed by atoms with Crippen LogP contribution in [0.5, 0.6) is 0 Å². The van der Waals surface area contributed by atoms with Gasteiger partial charge in [0.05, 0.1) is 36.3 Å². The number of likely N-dealkylation sites (N-methyl/N-ethyl adjacent to an activating group) is 2. The van der Waals surface area contributed by atoms with Crippen molar-refractivity contribution in [1.29, 1.82) is 0 Å². The largest absolute Gasteiger partial charge is 0.386 e. The van der Waals surface area contributed by atoms with E-state index in [1.165, 1.54) is 0 Å². The third-order valence-electron chi connectivity index (χ3n) is 10.3. The highest BCUT2D eigenvalue weighted by Crippen LogP contribution is 2.38. The Labute approximate surface area is 288 Å². The van der Waals surface area contributed by atoms with Crippen molar-refractivity contribution < 1.29 is 38.7 Å². The lowest BCUT2D eigenvalue weighted by Gasteiger charge is -2.47. The highest BCUT2D eigenvalue weighted by atomic mass is 16.7. The second kappa shape index (κ2) is 17.8. The molecule has 11 heteroatoms. The number of carbonyl (C=O) groups excluding carboxylic acids is 2. The van der Waals surface area contributed by atoms with E-state index in [0.717, 1.165) is 12.1 Å². The molecule has 0 aromatic heterocycles. The molecule has 274 valence electrons. The molecular formula is C37H63N3O8.